The van der Waals surface area contributed by atoms with Crippen LogP contribution in [0.4, 0.5) is 0 Å². The summed E-state index contributed by atoms with van der Waals surface area (Å²) in [5, 5.41) is 8.53. The number of nitriles is 1. The molecule has 4 nitrogen and oxygen atoms in total. The van der Waals surface area contributed by atoms with Crippen molar-refractivity contribution in [2.45, 2.75) is 0 Å². The van der Waals surface area contributed by atoms with Crippen molar-refractivity contribution in [1.29, 1.82) is 5.26 Å². The lowest BCUT2D eigenvalue weighted by atomic mass is 9.82. The summed E-state index contributed by atoms with van der Waals surface area (Å²) in [6.07, 6.45) is 3.36. The second kappa shape index (κ2) is 3.74. The summed E-state index contributed by atoms with van der Waals surface area (Å²) in [4.78, 5) is 2.02. The van der Waals surface area contributed by atoms with Crippen molar-refractivity contribution in [2.75, 3.05) is 24.6 Å². The zero-order valence-corrected chi connectivity index (χ0v) is 10.3. The lowest BCUT2D eigenvalue weighted by molar-refractivity contribution is 0.0607. The Bertz CT molecular complexity index is 532. The molecule has 0 radical (unpaired) electrons. The molecule has 0 aliphatic carbocycles. The molecule has 2 aliphatic rings. The van der Waals surface area contributed by atoms with Crippen LogP contribution in [0.2, 0.25) is 0 Å². The van der Waals surface area contributed by atoms with E-state index >= 15 is 0 Å². The molecular weight excluding hydrogens is 236 g/mol. The molecule has 90 valence electrons. The summed E-state index contributed by atoms with van der Waals surface area (Å²) >= 11 is 0. The molecule has 0 atom stereocenters. The van der Waals surface area contributed by atoms with Gasteiger partial charge in [0.25, 0.3) is 0 Å². The van der Waals surface area contributed by atoms with Crippen molar-refractivity contribution in [3.8, 4) is 6.07 Å². The van der Waals surface area contributed by atoms with E-state index in [1.54, 1.807) is 12.2 Å². The van der Waals surface area contributed by atoms with E-state index < -0.39 is 9.84 Å². The van der Waals surface area contributed by atoms with Crippen LogP contribution in [0, 0.1) is 16.7 Å². The number of hydrogen-bond donors (Lipinski definition) is 0. The average molecular weight is 250 g/mol. The fourth-order valence-electron chi connectivity index (χ4n) is 2.38. The SMILES string of the molecule is C=C(C#N)/C=C\C(=C)N1CC2(C1)CS(=O)(=O)C2. The minimum Gasteiger partial charge on any atom is -0.371 e. The molecule has 0 N–H and O–H groups in total. The summed E-state index contributed by atoms with van der Waals surface area (Å²) < 4.78 is 22.2. The van der Waals surface area contributed by atoms with Crippen molar-refractivity contribution in [3.63, 3.8) is 0 Å². The topological polar surface area (TPSA) is 61.2 Å². The third-order valence-corrected chi connectivity index (χ3v) is 5.24. The van der Waals surface area contributed by atoms with Gasteiger partial charge in [0.15, 0.2) is 9.84 Å². The Labute approximate surface area is 101 Å². The maximum Gasteiger partial charge on any atom is 0.151 e. The van der Waals surface area contributed by atoms with Crippen LogP contribution in [0.1, 0.15) is 0 Å². The van der Waals surface area contributed by atoms with Crippen LogP contribution < -0.4 is 0 Å². The third-order valence-electron chi connectivity index (χ3n) is 3.13. The van der Waals surface area contributed by atoms with Crippen molar-refractivity contribution in [3.05, 3.63) is 36.6 Å². The summed E-state index contributed by atoms with van der Waals surface area (Å²) in [6.45, 7) is 8.91. The molecule has 0 amide bonds. The Morgan fingerprint density at radius 1 is 1.29 bits per heavy atom. The van der Waals surface area contributed by atoms with Gasteiger partial charge in [0, 0.05) is 29.8 Å². The maximum absolute atomic E-state index is 11.1. The molecule has 2 rings (SSSR count). The van der Waals surface area contributed by atoms with Crippen molar-refractivity contribution < 1.29 is 8.42 Å². The fraction of sp³-hybridized carbons (Fsp3) is 0.417. The first-order valence-corrected chi connectivity index (χ1v) is 7.09. The third kappa shape index (κ3) is 2.27. The molecule has 0 aromatic carbocycles. The Morgan fingerprint density at radius 3 is 2.35 bits per heavy atom. The minimum atomic E-state index is -2.76. The van der Waals surface area contributed by atoms with Crippen LogP contribution in [0.3, 0.4) is 0 Å². The monoisotopic (exact) mass is 250 g/mol. The Balaban J connectivity index is 1.85. The van der Waals surface area contributed by atoms with Gasteiger partial charge in [0.2, 0.25) is 0 Å². The first-order valence-electron chi connectivity index (χ1n) is 5.27. The van der Waals surface area contributed by atoms with Crippen LogP contribution in [-0.4, -0.2) is 37.9 Å². The van der Waals surface area contributed by atoms with Gasteiger partial charge in [0.05, 0.1) is 17.6 Å². The second-order valence-electron chi connectivity index (χ2n) is 4.85. The first kappa shape index (κ1) is 11.9. The largest absolute Gasteiger partial charge is 0.371 e. The second-order valence-corrected chi connectivity index (χ2v) is 6.91. The van der Waals surface area contributed by atoms with E-state index in [4.69, 9.17) is 5.26 Å². The zero-order valence-electron chi connectivity index (χ0n) is 9.52. The van der Waals surface area contributed by atoms with Gasteiger partial charge in [-0.3, -0.25) is 0 Å². The number of nitrogens with zero attached hydrogens (tertiary/aromatic N) is 2. The van der Waals surface area contributed by atoms with Gasteiger partial charge in [0.1, 0.15) is 0 Å². The molecular formula is C12H14N2O2S. The molecule has 17 heavy (non-hydrogen) atoms. The number of sulfone groups is 1. The van der Waals surface area contributed by atoms with Crippen molar-refractivity contribution in [1.82, 2.24) is 4.90 Å². The fourth-order valence-corrected chi connectivity index (χ4v) is 4.53. The van der Waals surface area contributed by atoms with E-state index in [1.165, 1.54) is 0 Å². The molecule has 2 heterocycles. The first-order chi connectivity index (χ1) is 7.86. The molecule has 0 bridgehead atoms. The van der Waals surface area contributed by atoms with Gasteiger partial charge < -0.3 is 4.90 Å². The highest BCUT2D eigenvalue weighted by molar-refractivity contribution is 7.92. The van der Waals surface area contributed by atoms with Gasteiger partial charge >= 0.3 is 0 Å². The van der Waals surface area contributed by atoms with E-state index in [0.29, 0.717) is 17.1 Å². The van der Waals surface area contributed by atoms with E-state index in [0.717, 1.165) is 18.8 Å². The van der Waals surface area contributed by atoms with Crippen molar-refractivity contribution >= 4 is 9.84 Å². The van der Waals surface area contributed by atoms with Crippen molar-refractivity contribution in [2.24, 2.45) is 5.41 Å². The van der Waals surface area contributed by atoms with E-state index in [9.17, 15) is 8.42 Å². The Morgan fingerprint density at radius 2 is 1.88 bits per heavy atom. The molecule has 2 fully saturated rings. The van der Waals surface area contributed by atoms with Gasteiger partial charge in [-0.05, 0) is 12.2 Å². The lowest BCUT2D eigenvalue weighted by Gasteiger charge is -2.56. The molecule has 1 spiro atoms. The summed E-state index contributed by atoms with van der Waals surface area (Å²) in [5.41, 5.74) is 1.16. The van der Waals surface area contributed by atoms with Crippen LogP contribution in [0.25, 0.3) is 0 Å². The molecule has 0 saturated carbocycles. The van der Waals surface area contributed by atoms with Crippen LogP contribution in [0.5, 0.6) is 0 Å². The molecule has 0 aromatic rings. The number of allylic oxidation sites excluding steroid dienone is 3. The normalized spacial score (nSPS) is 23.8. The molecule has 0 aromatic heterocycles. The quantitative estimate of drug-likeness (QED) is 0.551. The van der Waals surface area contributed by atoms with Gasteiger partial charge in [-0.2, -0.15) is 5.26 Å². The van der Waals surface area contributed by atoms with E-state index in [-0.39, 0.29) is 5.41 Å². The van der Waals surface area contributed by atoms with Gasteiger partial charge in [-0.1, -0.05) is 13.2 Å². The predicted octanol–water partition coefficient (Wildman–Crippen LogP) is 0.866. The van der Waals surface area contributed by atoms with Crippen LogP contribution in [0.15, 0.2) is 36.6 Å². The summed E-state index contributed by atoms with van der Waals surface area (Å²) in [7, 11) is -2.76. The summed E-state index contributed by atoms with van der Waals surface area (Å²) in [6, 6.07) is 1.92. The maximum atomic E-state index is 11.1. The van der Waals surface area contributed by atoms with Crippen LogP contribution >= 0.6 is 0 Å². The number of hydrogen-bond acceptors (Lipinski definition) is 4. The van der Waals surface area contributed by atoms with Gasteiger partial charge in [-0.15, -0.1) is 0 Å². The molecule has 0 unspecified atom stereocenters. The highest BCUT2D eigenvalue weighted by Gasteiger charge is 2.55. The number of likely N-dealkylation sites (tertiary alicyclic amines) is 1. The summed E-state index contributed by atoms with van der Waals surface area (Å²) in [5.74, 6) is 0.608. The Hall–Kier alpha value is -1.54. The molecule has 5 heteroatoms. The van der Waals surface area contributed by atoms with E-state index in [2.05, 4.69) is 13.2 Å². The molecule has 2 aliphatic heterocycles. The van der Waals surface area contributed by atoms with E-state index in [1.807, 2.05) is 11.0 Å². The standard InChI is InChI=1S/C12H14N2O2S/c1-10(5-13)3-4-11(2)14-6-12(7-14)8-17(15,16)9-12/h3-4H,1-2,6-9H2/b4-3-. The Kier molecular flexibility index (Phi) is 2.63. The highest BCUT2D eigenvalue weighted by atomic mass is 32.2. The number of rotatable bonds is 3. The minimum absolute atomic E-state index is 0.0259. The zero-order chi connectivity index (χ0) is 12.7. The van der Waals surface area contributed by atoms with Crippen LogP contribution in [-0.2, 0) is 9.84 Å². The molecule has 2 saturated heterocycles. The highest BCUT2D eigenvalue weighted by Crippen LogP contribution is 2.42. The lowest BCUT2D eigenvalue weighted by Crippen LogP contribution is -2.67. The smallest absolute Gasteiger partial charge is 0.151 e. The average Bonchev–Trinajstić information content (AvgIpc) is 2.17. The predicted molar refractivity (Wildman–Crippen MR) is 65.7 cm³/mol. The van der Waals surface area contributed by atoms with Gasteiger partial charge in [-0.25, -0.2) is 8.42 Å².